The number of thiophene rings is 1. The standard InChI is InChI=1S/C25H30N4O4S/c1-29(25(32)16-7-4-3-5-8-16)17-10-11-18-19(15-17)27-22(21(18)24(31)26-12-13-33-2)28-23(30)20-9-6-14-34-20/h6,9-11,14-16,27H,3-5,7-8,12-13H2,1-2H3,(H,26,31)(H,28,30). The molecular formula is C25H30N4O4S. The van der Waals surface area contributed by atoms with Gasteiger partial charge in [0.25, 0.3) is 11.8 Å². The number of aromatic amines is 1. The Morgan fingerprint density at radius 1 is 1.15 bits per heavy atom. The fraction of sp³-hybridized carbons (Fsp3) is 0.400. The Balaban J connectivity index is 1.65. The predicted octanol–water partition coefficient (Wildman–Crippen LogP) is 4.40. The zero-order valence-electron chi connectivity index (χ0n) is 19.5. The van der Waals surface area contributed by atoms with Crippen molar-refractivity contribution in [1.82, 2.24) is 10.3 Å². The number of hydrogen-bond acceptors (Lipinski definition) is 5. The van der Waals surface area contributed by atoms with Crippen LogP contribution in [0.25, 0.3) is 10.9 Å². The molecule has 8 nitrogen and oxygen atoms in total. The lowest BCUT2D eigenvalue weighted by atomic mass is 9.88. The first-order chi connectivity index (χ1) is 16.5. The lowest BCUT2D eigenvalue weighted by Gasteiger charge is -2.26. The van der Waals surface area contributed by atoms with Crippen LogP contribution < -0.4 is 15.5 Å². The van der Waals surface area contributed by atoms with Crippen molar-refractivity contribution in [1.29, 1.82) is 0 Å². The van der Waals surface area contributed by atoms with Gasteiger partial charge in [-0.2, -0.15) is 0 Å². The Kier molecular flexibility index (Phi) is 7.64. The van der Waals surface area contributed by atoms with Gasteiger partial charge in [-0.3, -0.25) is 14.4 Å². The molecule has 0 radical (unpaired) electrons. The molecule has 1 aliphatic rings. The van der Waals surface area contributed by atoms with Crippen LogP contribution >= 0.6 is 11.3 Å². The van der Waals surface area contributed by atoms with Gasteiger partial charge in [0.1, 0.15) is 5.82 Å². The zero-order valence-corrected chi connectivity index (χ0v) is 20.3. The van der Waals surface area contributed by atoms with Crippen molar-refractivity contribution < 1.29 is 19.1 Å². The van der Waals surface area contributed by atoms with Gasteiger partial charge in [0.05, 0.1) is 17.0 Å². The molecule has 3 aromatic rings. The Morgan fingerprint density at radius 3 is 2.65 bits per heavy atom. The smallest absolute Gasteiger partial charge is 0.266 e. The van der Waals surface area contributed by atoms with Gasteiger partial charge < -0.3 is 25.3 Å². The van der Waals surface area contributed by atoms with E-state index in [-0.39, 0.29) is 23.6 Å². The van der Waals surface area contributed by atoms with E-state index in [1.54, 1.807) is 31.2 Å². The Morgan fingerprint density at radius 2 is 1.94 bits per heavy atom. The molecule has 34 heavy (non-hydrogen) atoms. The van der Waals surface area contributed by atoms with E-state index >= 15 is 0 Å². The van der Waals surface area contributed by atoms with Crippen LogP contribution in [0.2, 0.25) is 0 Å². The molecule has 0 spiro atoms. The number of H-pyrrole nitrogens is 1. The summed E-state index contributed by atoms with van der Waals surface area (Å²) in [5.41, 5.74) is 1.76. The van der Waals surface area contributed by atoms with Crippen LogP contribution in [0.5, 0.6) is 0 Å². The van der Waals surface area contributed by atoms with Crippen LogP contribution in [0.4, 0.5) is 11.5 Å². The number of methoxy groups -OCH3 is 1. The number of aromatic nitrogens is 1. The van der Waals surface area contributed by atoms with Gasteiger partial charge in [-0.1, -0.05) is 25.3 Å². The lowest BCUT2D eigenvalue weighted by molar-refractivity contribution is -0.123. The van der Waals surface area contributed by atoms with Crippen molar-refractivity contribution >= 4 is 51.5 Å². The predicted molar refractivity (Wildman–Crippen MR) is 135 cm³/mol. The van der Waals surface area contributed by atoms with Gasteiger partial charge in [0, 0.05) is 43.2 Å². The van der Waals surface area contributed by atoms with Crippen LogP contribution in [-0.4, -0.2) is 50.0 Å². The molecule has 0 unspecified atom stereocenters. The van der Waals surface area contributed by atoms with Crippen LogP contribution in [0.3, 0.4) is 0 Å². The van der Waals surface area contributed by atoms with E-state index in [2.05, 4.69) is 15.6 Å². The molecule has 1 aliphatic carbocycles. The lowest BCUT2D eigenvalue weighted by Crippen LogP contribution is -2.33. The summed E-state index contributed by atoms with van der Waals surface area (Å²) in [5, 5.41) is 8.16. The molecule has 1 saturated carbocycles. The zero-order chi connectivity index (χ0) is 24.1. The maximum absolute atomic E-state index is 13.0. The molecule has 2 heterocycles. The van der Waals surface area contributed by atoms with Crippen molar-refractivity contribution in [3.05, 3.63) is 46.2 Å². The number of fused-ring (bicyclic) bond motifs is 1. The third-order valence-corrected chi connectivity index (χ3v) is 7.13. The highest BCUT2D eigenvalue weighted by molar-refractivity contribution is 7.12. The Labute approximate surface area is 202 Å². The number of hydrogen-bond donors (Lipinski definition) is 3. The van der Waals surface area contributed by atoms with Gasteiger partial charge >= 0.3 is 0 Å². The Bertz CT molecular complexity index is 1170. The van der Waals surface area contributed by atoms with E-state index in [0.29, 0.717) is 40.3 Å². The number of carbonyl (C=O) groups is 3. The summed E-state index contributed by atoms with van der Waals surface area (Å²) in [4.78, 5) is 44.2. The number of rotatable bonds is 8. The molecule has 2 aromatic heterocycles. The van der Waals surface area contributed by atoms with Crippen LogP contribution in [0, 0.1) is 5.92 Å². The first-order valence-corrected chi connectivity index (χ1v) is 12.4. The van der Waals surface area contributed by atoms with E-state index in [4.69, 9.17) is 4.74 Å². The molecule has 1 aromatic carbocycles. The third-order valence-electron chi connectivity index (χ3n) is 6.26. The SMILES string of the molecule is COCCNC(=O)c1c(NC(=O)c2cccs2)[nH]c2cc(N(C)C(=O)C3CCCCC3)ccc12. The second-order valence-electron chi connectivity index (χ2n) is 8.52. The first-order valence-electron chi connectivity index (χ1n) is 11.5. The van der Waals surface area contributed by atoms with Crippen LogP contribution in [0.15, 0.2) is 35.7 Å². The normalized spacial score (nSPS) is 14.2. The summed E-state index contributed by atoms with van der Waals surface area (Å²) in [6.07, 6.45) is 5.23. The number of nitrogens with zero attached hydrogens (tertiary/aromatic N) is 1. The van der Waals surface area contributed by atoms with E-state index < -0.39 is 0 Å². The van der Waals surface area contributed by atoms with Gasteiger partial charge in [0.2, 0.25) is 5.91 Å². The molecule has 3 amide bonds. The van der Waals surface area contributed by atoms with Gasteiger partial charge in [-0.15, -0.1) is 11.3 Å². The first kappa shape index (κ1) is 24.0. The molecule has 3 N–H and O–H groups in total. The van der Waals surface area contributed by atoms with E-state index in [1.807, 2.05) is 23.6 Å². The van der Waals surface area contributed by atoms with Gasteiger partial charge in [-0.25, -0.2) is 0 Å². The minimum Gasteiger partial charge on any atom is -0.383 e. The third kappa shape index (κ3) is 5.15. The van der Waals surface area contributed by atoms with Crippen LogP contribution in [0.1, 0.15) is 52.1 Å². The number of amides is 3. The molecule has 0 aliphatic heterocycles. The second-order valence-corrected chi connectivity index (χ2v) is 9.46. The monoisotopic (exact) mass is 482 g/mol. The highest BCUT2D eigenvalue weighted by Gasteiger charge is 2.26. The van der Waals surface area contributed by atoms with Crippen molar-refractivity contribution in [3.8, 4) is 0 Å². The summed E-state index contributed by atoms with van der Waals surface area (Å²) in [6.45, 7) is 0.722. The molecule has 1 fully saturated rings. The maximum atomic E-state index is 13.0. The summed E-state index contributed by atoms with van der Waals surface area (Å²) in [5.74, 6) is -0.113. The average Bonchev–Trinajstić information content (AvgIpc) is 3.51. The van der Waals surface area contributed by atoms with Gasteiger partial charge in [-0.05, 0) is 42.5 Å². The summed E-state index contributed by atoms with van der Waals surface area (Å²) >= 11 is 1.32. The highest BCUT2D eigenvalue weighted by Crippen LogP contribution is 2.32. The molecule has 4 rings (SSSR count). The quantitative estimate of drug-likeness (QED) is 0.414. The molecule has 0 saturated heterocycles. The Hall–Kier alpha value is -3.17. The van der Waals surface area contributed by atoms with Crippen molar-refractivity contribution in [3.63, 3.8) is 0 Å². The minimum absolute atomic E-state index is 0.0563. The van der Waals surface area contributed by atoms with Crippen molar-refractivity contribution in [2.75, 3.05) is 37.5 Å². The fourth-order valence-corrected chi connectivity index (χ4v) is 5.03. The number of nitrogens with one attached hydrogen (secondary N) is 3. The molecule has 0 bridgehead atoms. The van der Waals surface area contributed by atoms with E-state index in [1.165, 1.54) is 17.8 Å². The molecule has 9 heteroatoms. The minimum atomic E-state index is -0.316. The number of carbonyl (C=O) groups excluding carboxylic acids is 3. The summed E-state index contributed by atoms with van der Waals surface area (Å²) in [6, 6.07) is 9.04. The van der Waals surface area contributed by atoms with Crippen molar-refractivity contribution in [2.45, 2.75) is 32.1 Å². The highest BCUT2D eigenvalue weighted by atomic mass is 32.1. The van der Waals surface area contributed by atoms with Gasteiger partial charge in [0.15, 0.2) is 0 Å². The molecule has 0 atom stereocenters. The topological polar surface area (TPSA) is 104 Å². The average molecular weight is 483 g/mol. The summed E-state index contributed by atoms with van der Waals surface area (Å²) in [7, 11) is 3.36. The van der Waals surface area contributed by atoms with E-state index in [9.17, 15) is 14.4 Å². The maximum Gasteiger partial charge on any atom is 0.266 e. The van der Waals surface area contributed by atoms with Crippen molar-refractivity contribution in [2.24, 2.45) is 5.92 Å². The number of anilines is 2. The molecule has 180 valence electrons. The van der Waals surface area contributed by atoms with Crippen LogP contribution in [-0.2, 0) is 9.53 Å². The second kappa shape index (κ2) is 10.8. The fourth-order valence-electron chi connectivity index (χ4n) is 4.41. The largest absolute Gasteiger partial charge is 0.383 e. The summed E-state index contributed by atoms with van der Waals surface area (Å²) < 4.78 is 5.03. The van der Waals surface area contributed by atoms with E-state index in [0.717, 1.165) is 31.4 Å². The molecular weight excluding hydrogens is 452 g/mol. The number of benzene rings is 1. The number of ether oxygens (including phenoxy) is 1.